The second-order valence-corrected chi connectivity index (χ2v) is 11.4. The van der Waals surface area contributed by atoms with Crippen LogP contribution in [0.5, 0.6) is 5.75 Å². The minimum atomic E-state index is -0.942. The normalized spacial score (nSPS) is 11.9. The lowest BCUT2D eigenvalue weighted by Crippen LogP contribution is -2.34. The zero-order valence-corrected chi connectivity index (χ0v) is 24.9. The van der Waals surface area contributed by atoms with Crippen molar-refractivity contribution in [2.45, 2.75) is 65.2 Å². The lowest BCUT2D eigenvalue weighted by Gasteiger charge is -2.22. The summed E-state index contributed by atoms with van der Waals surface area (Å²) in [6.07, 6.45) is 4.22. The molecule has 1 aromatic heterocycles. The quantitative estimate of drug-likeness (QED) is 0.190. The summed E-state index contributed by atoms with van der Waals surface area (Å²) in [4.78, 5) is 27.8. The summed E-state index contributed by atoms with van der Waals surface area (Å²) >= 11 is 0. The fourth-order valence-corrected chi connectivity index (χ4v) is 4.77. The number of alkyl carbamates (subject to hydrolysis) is 1. The molecular formula is C35H37FN2O5. The van der Waals surface area contributed by atoms with Gasteiger partial charge in [-0.25, -0.2) is 9.18 Å². The summed E-state index contributed by atoms with van der Waals surface area (Å²) in [5.41, 5.74) is 4.26. The second-order valence-electron chi connectivity index (χ2n) is 11.4. The Kier molecular flexibility index (Phi) is 10.1. The third-order valence-corrected chi connectivity index (χ3v) is 6.75. The van der Waals surface area contributed by atoms with Crippen LogP contribution >= 0.6 is 0 Å². The Morgan fingerprint density at radius 1 is 0.930 bits per heavy atom. The molecule has 4 aromatic rings. The summed E-state index contributed by atoms with van der Waals surface area (Å²) in [6.45, 7) is 7.19. The van der Waals surface area contributed by atoms with Gasteiger partial charge in [0.15, 0.2) is 0 Å². The van der Waals surface area contributed by atoms with Crippen LogP contribution in [0.25, 0.3) is 11.1 Å². The van der Waals surface area contributed by atoms with Crippen LogP contribution in [0.4, 0.5) is 9.18 Å². The number of aliphatic carboxylic acids is 1. The molecule has 4 rings (SSSR count). The predicted molar refractivity (Wildman–Crippen MR) is 163 cm³/mol. The van der Waals surface area contributed by atoms with Gasteiger partial charge in [0.05, 0.1) is 12.5 Å². The van der Waals surface area contributed by atoms with Crippen molar-refractivity contribution in [1.82, 2.24) is 10.3 Å². The molecule has 0 radical (unpaired) electrons. The number of ether oxygens (including phenoxy) is 2. The van der Waals surface area contributed by atoms with E-state index in [1.807, 2.05) is 30.3 Å². The van der Waals surface area contributed by atoms with Gasteiger partial charge in [-0.3, -0.25) is 9.78 Å². The lowest BCUT2D eigenvalue weighted by atomic mass is 9.94. The number of para-hydroxylation sites is 1. The first-order valence-corrected chi connectivity index (χ1v) is 14.2. The SMILES string of the molecule is CC(NC(=O)OC(C)(C)C)c1cccc(-c2cc(CCc3ccncc3)cc(COc3ccccc3CC(=O)O)c2)c1F. The highest BCUT2D eigenvalue weighted by atomic mass is 19.1. The van der Waals surface area contributed by atoms with Gasteiger partial charge in [0, 0.05) is 29.1 Å². The van der Waals surface area contributed by atoms with E-state index in [1.165, 1.54) is 0 Å². The number of aryl methyl sites for hydroxylation is 2. The number of hydrogen-bond donors (Lipinski definition) is 2. The molecule has 0 aliphatic carbocycles. The van der Waals surface area contributed by atoms with Crippen LogP contribution in [0, 0.1) is 5.82 Å². The minimum Gasteiger partial charge on any atom is -0.489 e. The standard InChI is InChI=1S/C35H37FN2O5/c1-23(38-34(41)43-35(2,3)4)29-9-7-10-30(33(29)36)28-19-25(13-12-24-14-16-37-17-15-24)18-26(20-28)22-42-31-11-6-5-8-27(31)21-32(39)40/h5-11,14-20,23H,12-13,21-22H2,1-4H3,(H,38,41)(H,39,40). The number of carboxylic acids is 1. The minimum absolute atomic E-state index is 0.152. The molecule has 2 N–H and O–H groups in total. The summed E-state index contributed by atoms with van der Waals surface area (Å²) in [5.74, 6) is -0.887. The van der Waals surface area contributed by atoms with Crippen molar-refractivity contribution in [3.05, 3.63) is 119 Å². The molecule has 0 bridgehead atoms. The van der Waals surface area contributed by atoms with E-state index in [0.29, 0.717) is 34.4 Å². The van der Waals surface area contributed by atoms with Crippen LogP contribution in [-0.2, 0) is 35.4 Å². The third kappa shape index (κ3) is 9.13. The van der Waals surface area contributed by atoms with Crippen molar-refractivity contribution in [3.63, 3.8) is 0 Å². The largest absolute Gasteiger partial charge is 0.489 e. The number of amides is 1. The van der Waals surface area contributed by atoms with Gasteiger partial charge in [-0.15, -0.1) is 0 Å². The van der Waals surface area contributed by atoms with Gasteiger partial charge in [-0.05, 0) is 87.1 Å². The van der Waals surface area contributed by atoms with E-state index in [4.69, 9.17) is 9.47 Å². The second kappa shape index (κ2) is 14.0. The van der Waals surface area contributed by atoms with Crippen molar-refractivity contribution >= 4 is 12.1 Å². The number of rotatable bonds is 11. The molecule has 1 amide bonds. The number of benzene rings is 3. The Morgan fingerprint density at radius 3 is 2.35 bits per heavy atom. The maximum atomic E-state index is 16.1. The van der Waals surface area contributed by atoms with Crippen LogP contribution in [0.2, 0.25) is 0 Å². The Labute approximate surface area is 251 Å². The first kappa shape index (κ1) is 31.2. The van der Waals surface area contributed by atoms with Gasteiger partial charge in [-0.2, -0.15) is 0 Å². The van der Waals surface area contributed by atoms with Gasteiger partial charge in [0.2, 0.25) is 0 Å². The van der Waals surface area contributed by atoms with Crippen LogP contribution in [-0.4, -0.2) is 27.8 Å². The van der Waals surface area contributed by atoms with E-state index in [-0.39, 0.29) is 13.0 Å². The molecule has 0 fully saturated rings. The maximum absolute atomic E-state index is 16.1. The van der Waals surface area contributed by atoms with Gasteiger partial charge >= 0.3 is 12.1 Å². The van der Waals surface area contributed by atoms with Gasteiger partial charge < -0.3 is 19.9 Å². The van der Waals surface area contributed by atoms with Crippen molar-refractivity contribution in [2.75, 3.05) is 0 Å². The number of nitrogens with one attached hydrogen (secondary N) is 1. The first-order valence-electron chi connectivity index (χ1n) is 14.2. The Hall–Kier alpha value is -4.72. The molecule has 8 heteroatoms. The summed E-state index contributed by atoms with van der Waals surface area (Å²) in [6, 6.07) is 21.4. The van der Waals surface area contributed by atoms with Crippen LogP contribution < -0.4 is 10.1 Å². The number of nitrogens with zero attached hydrogens (tertiary/aromatic N) is 1. The van der Waals surface area contributed by atoms with E-state index in [1.54, 1.807) is 82.6 Å². The Bertz CT molecular complexity index is 1570. The average molecular weight is 585 g/mol. The molecule has 1 atom stereocenters. The van der Waals surface area contributed by atoms with E-state index in [9.17, 15) is 14.7 Å². The molecule has 0 aliphatic rings. The van der Waals surface area contributed by atoms with Crippen molar-refractivity contribution in [1.29, 1.82) is 0 Å². The molecule has 1 unspecified atom stereocenters. The summed E-state index contributed by atoms with van der Waals surface area (Å²) in [5, 5.41) is 12.0. The molecule has 0 saturated heterocycles. The van der Waals surface area contributed by atoms with Crippen LogP contribution in [0.3, 0.4) is 0 Å². The number of carbonyl (C=O) groups is 2. The van der Waals surface area contributed by atoms with Gasteiger partial charge in [0.1, 0.15) is 23.8 Å². The van der Waals surface area contributed by atoms with E-state index in [0.717, 1.165) is 23.1 Å². The monoisotopic (exact) mass is 584 g/mol. The van der Waals surface area contributed by atoms with Crippen molar-refractivity contribution in [3.8, 4) is 16.9 Å². The molecule has 0 spiro atoms. The van der Waals surface area contributed by atoms with Crippen LogP contribution in [0.15, 0.2) is 85.2 Å². The van der Waals surface area contributed by atoms with Crippen molar-refractivity contribution in [2.24, 2.45) is 0 Å². The van der Waals surface area contributed by atoms with Crippen molar-refractivity contribution < 1.29 is 28.6 Å². The average Bonchev–Trinajstić information content (AvgIpc) is 2.95. The first-order chi connectivity index (χ1) is 20.5. The number of carbonyl (C=O) groups excluding carboxylic acids is 1. The molecule has 224 valence electrons. The molecule has 3 aromatic carbocycles. The summed E-state index contributed by atoms with van der Waals surface area (Å²) in [7, 11) is 0. The lowest BCUT2D eigenvalue weighted by molar-refractivity contribution is -0.136. The highest BCUT2D eigenvalue weighted by Gasteiger charge is 2.21. The molecule has 7 nitrogen and oxygen atoms in total. The smallest absolute Gasteiger partial charge is 0.408 e. The van der Waals surface area contributed by atoms with E-state index < -0.39 is 29.5 Å². The number of halogens is 1. The Morgan fingerprint density at radius 2 is 1.63 bits per heavy atom. The Balaban J connectivity index is 1.64. The highest BCUT2D eigenvalue weighted by molar-refractivity contribution is 5.71. The van der Waals surface area contributed by atoms with Gasteiger partial charge in [-0.1, -0.05) is 48.5 Å². The molecule has 43 heavy (non-hydrogen) atoms. The molecule has 0 saturated carbocycles. The molecular weight excluding hydrogens is 547 g/mol. The summed E-state index contributed by atoms with van der Waals surface area (Å²) < 4.78 is 27.5. The number of carboxylic acid groups (broad SMARTS) is 1. The number of hydrogen-bond acceptors (Lipinski definition) is 5. The number of aromatic nitrogens is 1. The zero-order chi connectivity index (χ0) is 31.0. The van der Waals surface area contributed by atoms with E-state index >= 15 is 4.39 Å². The topological polar surface area (TPSA) is 97.8 Å². The predicted octanol–water partition coefficient (Wildman–Crippen LogP) is 7.46. The van der Waals surface area contributed by atoms with Crippen LogP contribution in [0.1, 0.15) is 61.6 Å². The zero-order valence-electron chi connectivity index (χ0n) is 24.9. The molecule has 1 heterocycles. The van der Waals surface area contributed by atoms with Gasteiger partial charge in [0.25, 0.3) is 0 Å². The fourth-order valence-electron chi connectivity index (χ4n) is 4.77. The highest BCUT2D eigenvalue weighted by Crippen LogP contribution is 2.31. The fraction of sp³-hybridized carbons (Fsp3) is 0.286. The maximum Gasteiger partial charge on any atom is 0.408 e. The third-order valence-electron chi connectivity index (χ3n) is 6.75. The van der Waals surface area contributed by atoms with E-state index in [2.05, 4.69) is 10.3 Å². The molecule has 0 aliphatic heterocycles. The number of pyridine rings is 1.